The Kier molecular flexibility index (Phi) is 7.02. The molecule has 1 aromatic carbocycles. The van der Waals surface area contributed by atoms with Gasteiger partial charge in [-0.15, -0.1) is 0 Å². The number of benzene rings is 1. The first-order valence-corrected chi connectivity index (χ1v) is 10.8. The van der Waals surface area contributed by atoms with Gasteiger partial charge in [0.1, 0.15) is 6.04 Å². The number of likely N-dealkylation sites (N-methyl/N-ethyl adjacent to an activating group) is 1. The molecule has 176 valence electrons. The predicted molar refractivity (Wildman–Crippen MR) is 119 cm³/mol. The zero-order valence-electron chi connectivity index (χ0n) is 18.7. The summed E-state index contributed by atoms with van der Waals surface area (Å²) in [4.78, 5) is 40.0. The lowest BCUT2D eigenvalue weighted by atomic mass is 9.69. The van der Waals surface area contributed by atoms with Gasteiger partial charge in [0.25, 0.3) is 5.92 Å². The lowest BCUT2D eigenvalue weighted by molar-refractivity contribution is -0.151. The van der Waals surface area contributed by atoms with Crippen LogP contribution in [0.15, 0.2) is 18.2 Å². The van der Waals surface area contributed by atoms with Crippen LogP contribution in [0.3, 0.4) is 0 Å². The van der Waals surface area contributed by atoms with Crippen LogP contribution in [0.1, 0.15) is 26.2 Å². The number of hydrogen-bond donors (Lipinski definition) is 2. The molecular formula is C22H31F2N5O3. The smallest absolute Gasteiger partial charge is 0.269 e. The van der Waals surface area contributed by atoms with Gasteiger partial charge >= 0.3 is 0 Å². The number of anilines is 3. The average Bonchev–Trinajstić information content (AvgIpc) is 2.74. The molecule has 3 rings (SSSR count). The highest BCUT2D eigenvalue weighted by molar-refractivity contribution is 5.97. The Morgan fingerprint density at radius 3 is 2.62 bits per heavy atom. The quantitative estimate of drug-likeness (QED) is 0.555. The molecule has 0 aromatic heterocycles. The molecule has 0 saturated carbocycles. The first kappa shape index (κ1) is 23.9. The summed E-state index contributed by atoms with van der Waals surface area (Å²) in [5.41, 5.74) is 0.730. The Labute approximate surface area is 186 Å². The van der Waals surface area contributed by atoms with E-state index in [0.717, 1.165) is 0 Å². The average molecular weight is 452 g/mol. The molecule has 3 amide bonds. The van der Waals surface area contributed by atoms with Crippen LogP contribution in [-0.2, 0) is 14.4 Å². The number of carbonyl (C=O) groups excluding carboxylic acids is 3. The topological polar surface area (TPSA) is 85.0 Å². The molecule has 1 atom stereocenters. The minimum Gasteiger partial charge on any atom is -0.368 e. The number of halogens is 2. The van der Waals surface area contributed by atoms with Gasteiger partial charge in [0.05, 0.1) is 29.0 Å². The second-order valence-corrected chi connectivity index (χ2v) is 8.67. The maximum absolute atomic E-state index is 14.6. The SMILES string of the molecule is CCCC(C(=O)NC=O)N(C)c1cccc(N2CC3(CCNCC3(F)F)C2)c1N(C)C=O. The monoisotopic (exact) mass is 451 g/mol. The standard InChI is InChI=1S/C22H31F2N5O3/c1-4-6-18(20(32)26-14-30)28(3)16-7-5-8-17(19(16)27(2)15-31)29-12-21(13-29)9-10-25-11-22(21,23)24/h5,7-8,14-15,18,25H,4,6,9-13H2,1-3H3,(H,26,30,32). The summed E-state index contributed by atoms with van der Waals surface area (Å²) in [5.74, 6) is -3.24. The van der Waals surface area contributed by atoms with Crippen LogP contribution >= 0.6 is 0 Å². The second-order valence-electron chi connectivity index (χ2n) is 8.67. The Balaban J connectivity index is 1.96. The van der Waals surface area contributed by atoms with Gasteiger partial charge in [0.2, 0.25) is 18.7 Å². The Bertz CT molecular complexity index is 860. The molecule has 0 radical (unpaired) electrons. The number of para-hydroxylation sites is 1. The molecule has 2 aliphatic rings. The molecule has 2 heterocycles. The minimum absolute atomic E-state index is 0.193. The molecule has 32 heavy (non-hydrogen) atoms. The van der Waals surface area contributed by atoms with Crippen molar-refractivity contribution in [2.24, 2.45) is 5.41 Å². The Hall–Kier alpha value is -2.75. The molecular weight excluding hydrogens is 420 g/mol. The number of carbonyl (C=O) groups is 3. The van der Waals surface area contributed by atoms with E-state index in [2.05, 4.69) is 10.6 Å². The third kappa shape index (κ3) is 4.15. The van der Waals surface area contributed by atoms with Gasteiger partial charge in [0.15, 0.2) is 0 Å². The molecule has 8 nitrogen and oxygen atoms in total. The summed E-state index contributed by atoms with van der Waals surface area (Å²) in [6.45, 7) is 2.55. The van der Waals surface area contributed by atoms with Gasteiger partial charge in [-0.2, -0.15) is 0 Å². The van der Waals surface area contributed by atoms with Crippen LogP contribution in [0.4, 0.5) is 25.8 Å². The molecule has 1 unspecified atom stereocenters. The van der Waals surface area contributed by atoms with Gasteiger partial charge in [0, 0.05) is 27.2 Å². The van der Waals surface area contributed by atoms with Crippen molar-refractivity contribution in [3.05, 3.63) is 18.2 Å². The summed E-state index contributed by atoms with van der Waals surface area (Å²) in [7, 11) is 3.32. The van der Waals surface area contributed by atoms with Crippen molar-refractivity contribution in [1.82, 2.24) is 10.6 Å². The maximum atomic E-state index is 14.6. The fraction of sp³-hybridized carbons (Fsp3) is 0.591. The number of nitrogens with zero attached hydrogens (tertiary/aromatic N) is 3. The third-order valence-corrected chi connectivity index (χ3v) is 6.65. The molecule has 2 fully saturated rings. The van der Waals surface area contributed by atoms with Crippen LogP contribution in [0.2, 0.25) is 0 Å². The van der Waals surface area contributed by atoms with Gasteiger partial charge in [-0.1, -0.05) is 19.4 Å². The molecule has 0 aliphatic carbocycles. The molecule has 2 N–H and O–H groups in total. The number of rotatable bonds is 9. The van der Waals surface area contributed by atoms with Crippen LogP contribution in [0, 0.1) is 5.41 Å². The van der Waals surface area contributed by atoms with Crippen molar-refractivity contribution in [3.63, 3.8) is 0 Å². The highest BCUT2D eigenvalue weighted by Crippen LogP contribution is 2.52. The Morgan fingerprint density at radius 1 is 1.31 bits per heavy atom. The van der Waals surface area contributed by atoms with Crippen molar-refractivity contribution < 1.29 is 23.2 Å². The normalized spacial score (nSPS) is 19.6. The number of alkyl halides is 2. The van der Waals surface area contributed by atoms with Crippen molar-refractivity contribution in [2.75, 3.05) is 55.0 Å². The van der Waals surface area contributed by atoms with Crippen molar-refractivity contribution in [2.45, 2.75) is 38.2 Å². The molecule has 2 aliphatic heterocycles. The number of imide groups is 1. The second kappa shape index (κ2) is 9.40. The van der Waals surface area contributed by atoms with E-state index >= 15 is 0 Å². The van der Waals surface area contributed by atoms with Crippen molar-refractivity contribution in [3.8, 4) is 0 Å². The summed E-state index contributed by atoms with van der Waals surface area (Å²) in [6.07, 6.45) is 2.60. The number of hydrogen-bond acceptors (Lipinski definition) is 6. The van der Waals surface area contributed by atoms with Gasteiger partial charge < -0.3 is 20.0 Å². The van der Waals surface area contributed by atoms with E-state index < -0.39 is 23.3 Å². The van der Waals surface area contributed by atoms with Crippen LogP contribution < -0.4 is 25.3 Å². The van der Waals surface area contributed by atoms with Gasteiger partial charge in [-0.25, -0.2) is 8.78 Å². The molecule has 1 aromatic rings. The van der Waals surface area contributed by atoms with E-state index in [1.165, 1.54) is 4.90 Å². The van der Waals surface area contributed by atoms with Crippen LogP contribution in [0.5, 0.6) is 0 Å². The fourth-order valence-electron chi connectivity index (χ4n) is 4.76. The Morgan fingerprint density at radius 2 is 2.03 bits per heavy atom. The van der Waals surface area contributed by atoms with E-state index in [0.29, 0.717) is 55.7 Å². The van der Waals surface area contributed by atoms with Crippen molar-refractivity contribution in [1.29, 1.82) is 0 Å². The van der Waals surface area contributed by atoms with E-state index in [-0.39, 0.29) is 19.6 Å². The lowest BCUT2D eigenvalue weighted by Gasteiger charge is -2.57. The highest BCUT2D eigenvalue weighted by atomic mass is 19.3. The van der Waals surface area contributed by atoms with E-state index in [9.17, 15) is 23.2 Å². The zero-order chi connectivity index (χ0) is 23.5. The van der Waals surface area contributed by atoms with Gasteiger partial charge in [-0.05, 0) is 31.5 Å². The van der Waals surface area contributed by atoms with E-state index in [1.807, 2.05) is 11.8 Å². The summed E-state index contributed by atoms with van der Waals surface area (Å²) in [5, 5.41) is 4.98. The third-order valence-electron chi connectivity index (χ3n) is 6.65. The summed E-state index contributed by atoms with van der Waals surface area (Å²) < 4.78 is 29.3. The van der Waals surface area contributed by atoms with Gasteiger partial charge in [-0.3, -0.25) is 19.7 Å². The fourth-order valence-corrected chi connectivity index (χ4v) is 4.76. The lowest BCUT2D eigenvalue weighted by Crippen LogP contribution is -2.70. The predicted octanol–water partition coefficient (Wildman–Crippen LogP) is 1.59. The molecule has 2 saturated heterocycles. The minimum atomic E-state index is -2.80. The van der Waals surface area contributed by atoms with Crippen LogP contribution in [-0.4, -0.2) is 71.0 Å². The first-order valence-electron chi connectivity index (χ1n) is 10.8. The highest BCUT2D eigenvalue weighted by Gasteiger charge is 2.61. The van der Waals surface area contributed by atoms with Crippen molar-refractivity contribution >= 4 is 35.8 Å². The van der Waals surface area contributed by atoms with Crippen LogP contribution in [0.25, 0.3) is 0 Å². The summed E-state index contributed by atoms with van der Waals surface area (Å²) >= 11 is 0. The number of amides is 3. The molecule has 0 bridgehead atoms. The molecule has 10 heteroatoms. The maximum Gasteiger partial charge on any atom is 0.269 e. The van der Waals surface area contributed by atoms with E-state index in [4.69, 9.17) is 0 Å². The first-order chi connectivity index (χ1) is 15.2. The number of piperidine rings is 1. The summed E-state index contributed by atoms with van der Waals surface area (Å²) in [6, 6.07) is 4.75. The van der Waals surface area contributed by atoms with E-state index in [1.54, 1.807) is 37.2 Å². The largest absolute Gasteiger partial charge is 0.368 e. The molecule has 1 spiro atoms. The zero-order valence-corrected chi connectivity index (χ0v) is 18.7. The number of nitrogens with one attached hydrogen (secondary N) is 2.